The van der Waals surface area contributed by atoms with E-state index in [4.69, 9.17) is 5.73 Å². The normalized spacial score (nSPS) is 16.6. The molecule has 1 amide bonds. The van der Waals surface area contributed by atoms with Gasteiger partial charge in [0.05, 0.1) is 0 Å². The third-order valence-corrected chi connectivity index (χ3v) is 8.98. The van der Waals surface area contributed by atoms with Gasteiger partial charge in [0, 0.05) is 45.2 Å². The van der Waals surface area contributed by atoms with E-state index in [1.165, 1.54) is 15.7 Å². The molecule has 0 unspecified atom stereocenters. The standard InChI is InChI=1S/C24H29N3OS.2H2/c1-29(2,23-13-10-19-6-3-4-7-21(19)18-23)27-15-5-14-26(16-17-27)22-11-8-20(9-12-22)24(25)28;;/h3-4,6-13,18H,5,14-17H2,1-2H3,(H2,25,28);2*1H. The second-order valence-electron chi connectivity index (χ2n) is 7.96. The van der Waals surface area contributed by atoms with Crippen LogP contribution in [0.2, 0.25) is 0 Å². The first-order chi connectivity index (χ1) is 13.9. The second-order valence-corrected chi connectivity index (χ2v) is 11.5. The van der Waals surface area contributed by atoms with E-state index < -0.39 is 10.2 Å². The minimum Gasteiger partial charge on any atom is -0.370 e. The predicted octanol–water partition coefficient (Wildman–Crippen LogP) is 4.98. The number of nitrogens with zero attached hydrogens (tertiary/aromatic N) is 2. The van der Waals surface area contributed by atoms with Crippen LogP contribution in [0, 0.1) is 0 Å². The van der Waals surface area contributed by atoms with Crippen LogP contribution in [0.4, 0.5) is 5.69 Å². The quantitative estimate of drug-likeness (QED) is 0.659. The van der Waals surface area contributed by atoms with Crippen LogP contribution in [0.25, 0.3) is 10.8 Å². The fourth-order valence-electron chi connectivity index (χ4n) is 4.07. The minimum absolute atomic E-state index is 0. The van der Waals surface area contributed by atoms with Crippen molar-refractivity contribution in [2.24, 2.45) is 5.73 Å². The van der Waals surface area contributed by atoms with Gasteiger partial charge in [-0.3, -0.25) is 9.10 Å². The van der Waals surface area contributed by atoms with E-state index in [9.17, 15) is 4.79 Å². The summed E-state index contributed by atoms with van der Waals surface area (Å²) < 4.78 is 2.68. The summed E-state index contributed by atoms with van der Waals surface area (Å²) in [5.41, 5.74) is 7.09. The molecule has 4 nitrogen and oxygen atoms in total. The first-order valence-electron chi connectivity index (χ1n) is 10.1. The van der Waals surface area contributed by atoms with Gasteiger partial charge in [0.25, 0.3) is 0 Å². The van der Waals surface area contributed by atoms with Crippen molar-refractivity contribution in [3.05, 3.63) is 72.3 Å². The van der Waals surface area contributed by atoms with E-state index in [1.54, 1.807) is 0 Å². The number of amides is 1. The topological polar surface area (TPSA) is 49.6 Å². The summed E-state index contributed by atoms with van der Waals surface area (Å²) in [5, 5.41) is 2.62. The number of carbonyl (C=O) groups is 1. The number of nitrogens with two attached hydrogens (primary N) is 1. The number of hydrogen-bond donors (Lipinski definition) is 1. The Morgan fingerprint density at radius 1 is 0.897 bits per heavy atom. The average molecular weight is 412 g/mol. The molecule has 0 radical (unpaired) electrons. The average Bonchev–Trinajstić information content (AvgIpc) is 3.00. The third kappa shape index (κ3) is 4.11. The molecule has 0 aliphatic carbocycles. The van der Waals surface area contributed by atoms with Gasteiger partial charge in [-0.25, -0.2) is 0 Å². The zero-order chi connectivity index (χ0) is 20.4. The van der Waals surface area contributed by atoms with Gasteiger partial charge < -0.3 is 10.6 Å². The molecule has 0 bridgehead atoms. The van der Waals surface area contributed by atoms with Crippen LogP contribution >= 0.6 is 10.2 Å². The molecule has 3 aromatic rings. The maximum Gasteiger partial charge on any atom is 0.248 e. The molecule has 1 saturated heterocycles. The summed E-state index contributed by atoms with van der Waals surface area (Å²) >= 11 is 0. The van der Waals surface area contributed by atoms with Crippen molar-refractivity contribution < 1.29 is 7.65 Å². The van der Waals surface area contributed by atoms with E-state index in [2.05, 4.69) is 64.2 Å². The smallest absolute Gasteiger partial charge is 0.248 e. The summed E-state index contributed by atoms with van der Waals surface area (Å²) in [6, 6.07) is 23.2. The molecule has 0 saturated carbocycles. The molecular weight excluding hydrogens is 378 g/mol. The molecule has 29 heavy (non-hydrogen) atoms. The van der Waals surface area contributed by atoms with Gasteiger partial charge >= 0.3 is 0 Å². The highest BCUT2D eigenvalue weighted by Crippen LogP contribution is 2.53. The Hall–Kier alpha value is -2.50. The number of rotatable bonds is 4. The number of primary amides is 1. The molecular formula is C24H33N3OS. The molecule has 156 valence electrons. The Morgan fingerprint density at radius 3 is 2.34 bits per heavy atom. The zero-order valence-electron chi connectivity index (χ0n) is 17.2. The highest BCUT2D eigenvalue weighted by Gasteiger charge is 2.26. The molecule has 1 aliphatic heterocycles. The number of fused-ring (bicyclic) bond motifs is 1. The van der Waals surface area contributed by atoms with Crippen LogP contribution in [0.15, 0.2) is 71.6 Å². The molecule has 3 aromatic carbocycles. The lowest BCUT2D eigenvalue weighted by molar-refractivity contribution is 0.100. The highest BCUT2D eigenvalue weighted by molar-refractivity contribution is 8.30. The Balaban J connectivity index is 0.00000171. The molecule has 2 N–H and O–H groups in total. The summed E-state index contributed by atoms with van der Waals surface area (Å²) in [6.07, 6.45) is 5.95. The van der Waals surface area contributed by atoms with Gasteiger partial charge in [0.15, 0.2) is 0 Å². The lowest BCUT2D eigenvalue weighted by Gasteiger charge is -2.43. The van der Waals surface area contributed by atoms with Crippen molar-refractivity contribution in [3.8, 4) is 0 Å². The van der Waals surface area contributed by atoms with Crippen LogP contribution < -0.4 is 10.6 Å². The van der Waals surface area contributed by atoms with Crippen molar-refractivity contribution in [1.82, 2.24) is 4.31 Å². The SMILES string of the molecule is CS(C)(c1ccc2ccccc2c1)N1CCCN(c2ccc(C(N)=O)cc2)CC1.[HH].[HH]. The first-order valence-corrected chi connectivity index (χ1v) is 12.5. The number of hydrogen-bond acceptors (Lipinski definition) is 3. The van der Waals surface area contributed by atoms with E-state index in [1.807, 2.05) is 24.3 Å². The summed E-state index contributed by atoms with van der Waals surface area (Å²) in [7, 11) is -1.05. The number of carbonyl (C=O) groups excluding carboxylic acids is 1. The van der Waals surface area contributed by atoms with E-state index in [0.717, 1.165) is 38.3 Å². The van der Waals surface area contributed by atoms with Crippen LogP contribution in [0.5, 0.6) is 0 Å². The van der Waals surface area contributed by atoms with Gasteiger partial charge in [-0.15, -0.1) is 0 Å². The Bertz CT molecular complexity index is 1030. The van der Waals surface area contributed by atoms with Crippen molar-refractivity contribution in [3.63, 3.8) is 0 Å². The Kier molecular flexibility index (Phi) is 5.52. The summed E-state index contributed by atoms with van der Waals surface area (Å²) in [6.45, 7) is 4.15. The lowest BCUT2D eigenvalue weighted by atomic mass is 10.1. The largest absolute Gasteiger partial charge is 0.370 e. The minimum atomic E-state index is -1.05. The predicted molar refractivity (Wildman–Crippen MR) is 129 cm³/mol. The van der Waals surface area contributed by atoms with Crippen molar-refractivity contribution >= 4 is 32.6 Å². The summed E-state index contributed by atoms with van der Waals surface area (Å²) in [4.78, 5) is 15.2. The maximum absolute atomic E-state index is 11.3. The Morgan fingerprint density at radius 2 is 1.62 bits per heavy atom. The van der Waals surface area contributed by atoms with Gasteiger partial charge in [-0.1, -0.05) is 30.3 Å². The highest BCUT2D eigenvalue weighted by atomic mass is 32.3. The Labute approximate surface area is 177 Å². The lowest BCUT2D eigenvalue weighted by Crippen LogP contribution is -2.32. The molecule has 0 spiro atoms. The molecule has 1 fully saturated rings. The van der Waals surface area contributed by atoms with E-state index >= 15 is 0 Å². The van der Waals surface area contributed by atoms with Gasteiger partial charge in [0.2, 0.25) is 5.91 Å². The molecule has 0 aromatic heterocycles. The van der Waals surface area contributed by atoms with Crippen LogP contribution in [0.1, 0.15) is 19.6 Å². The fourth-order valence-corrected chi connectivity index (χ4v) is 6.31. The molecule has 1 heterocycles. The third-order valence-electron chi connectivity index (χ3n) is 5.92. The fraction of sp³-hybridized carbons (Fsp3) is 0.292. The van der Waals surface area contributed by atoms with Crippen molar-refractivity contribution in [2.45, 2.75) is 11.3 Å². The molecule has 0 atom stereocenters. The summed E-state index contributed by atoms with van der Waals surface area (Å²) in [5.74, 6) is -0.376. The van der Waals surface area contributed by atoms with Crippen LogP contribution in [0.3, 0.4) is 0 Å². The van der Waals surface area contributed by atoms with Gasteiger partial charge in [0.1, 0.15) is 0 Å². The van der Waals surface area contributed by atoms with Crippen molar-refractivity contribution in [2.75, 3.05) is 43.6 Å². The monoisotopic (exact) mass is 411 g/mol. The van der Waals surface area contributed by atoms with Gasteiger partial charge in [-0.2, -0.15) is 10.2 Å². The molecule has 5 heteroatoms. The second kappa shape index (κ2) is 8.09. The van der Waals surface area contributed by atoms with E-state index in [-0.39, 0.29) is 8.76 Å². The van der Waals surface area contributed by atoms with Crippen LogP contribution in [-0.4, -0.2) is 48.9 Å². The number of anilines is 1. The molecule has 1 aliphatic rings. The zero-order valence-corrected chi connectivity index (χ0v) is 18.0. The molecule has 4 rings (SSSR count). The van der Waals surface area contributed by atoms with Crippen LogP contribution in [-0.2, 0) is 0 Å². The van der Waals surface area contributed by atoms with E-state index in [0.29, 0.717) is 5.56 Å². The van der Waals surface area contributed by atoms with Crippen molar-refractivity contribution in [1.29, 1.82) is 0 Å². The number of benzene rings is 3. The maximum atomic E-state index is 11.3. The van der Waals surface area contributed by atoms with Gasteiger partial charge in [-0.05, 0) is 66.1 Å². The first kappa shape index (κ1) is 19.8.